The van der Waals surface area contributed by atoms with Crippen LogP contribution in [0.4, 0.5) is 0 Å². The molecular weight excluding hydrogens is 314 g/mol. The fourth-order valence-corrected chi connectivity index (χ4v) is 3.68. The molecule has 0 saturated carbocycles. The van der Waals surface area contributed by atoms with Gasteiger partial charge in [0, 0.05) is 13.0 Å². The summed E-state index contributed by atoms with van der Waals surface area (Å²) >= 11 is 0. The van der Waals surface area contributed by atoms with Crippen LogP contribution < -0.4 is 0 Å². The molecule has 0 spiro atoms. The normalized spacial score (nSPS) is 16.8. The number of carbonyl (C=O) groups excluding carboxylic acids is 1. The van der Waals surface area contributed by atoms with Gasteiger partial charge in [-0.05, 0) is 48.9 Å². The summed E-state index contributed by atoms with van der Waals surface area (Å²) in [5, 5.41) is 9.27. The van der Waals surface area contributed by atoms with Gasteiger partial charge in [-0.1, -0.05) is 42.5 Å². The zero-order chi connectivity index (χ0) is 17.8. The molecule has 0 radical (unpaired) electrons. The Morgan fingerprint density at radius 1 is 1.12 bits per heavy atom. The third kappa shape index (κ3) is 3.73. The number of amides is 1. The van der Waals surface area contributed by atoms with Crippen molar-refractivity contribution in [2.24, 2.45) is 0 Å². The van der Waals surface area contributed by atoms with Crippen LogP contribution in [0.15, 0.2) is 48.5 Å². The van der Waals surface area contributed by atoms with Gasteiger partial charge in [-0.15, -0.1) is 0 Å². The highest BCUT2D eigenvalue weighted by molar-refractivity contribution is 5.89. The van der Waals surface area contributed by atoms with Crippen LogP contribution >= 0.6 is 0 Å². The van der Waals surface area contributed by atoms with Gasteiger partial charge in [0.25, 0.3) is 0 Å². The van der Waals surface area contributed by atoms with Crippen molar-refractivity contribution in [1.29, 1.82) is 0 Å². The highest BCUT2D eigenvalue weighted by atomic mass is 16.4. The van der Waals surface area contributed by atoms with Gasteiger partial charge < -0.3 is 10.0 Å². The van der Waals surface area contributed by atoms with Crippen LogP contribution in [-0.2, 0) is 11.2 Å². The molecule has 1 N–H and O–H groups in total. The zero-order valence-electron chi connectivity index (χ0n) is 14.4. The Morgan fingerprint density at radius 3 is 2.60 bits per heavy atom. The molecule has 1 unspecified atom stereocenters. The number of likely N-dealkylation sites (tertiary alicyclic amines) is 1. The number of hydrogen-bond acceptors (Lipinski definition) is 2. The van der Waals surface area contributed by atoms with E-state index < -0.39 is 5.97 Å². The van der Waals surface area contributed by atoms with Crippen molar-refractivity contribution in [3.05, 3.63) is 70.8 Å². The molecule has 130 valence electrons. The summed E-state index contributed by atoms with van der Waals surface area (Å²) in [5.41, 5.74) is 3.44. The largest absolute Gasteiger partial charge is 0.478 e. The minimum Gasteiger partial charge on any atom is -0.478 e. The molecule has 1 atom stereocenters. The first kappa shape index (κ1) is 17.2. The molecule has 1 aliphatic heterocycles. The van der Waals surface area contributed by atoms with Crippen LogP contribution in [0.1, 0.15) is 52.4 Å². The lowest BCUT2D eigenvalue weighted by Gasteiger charge is -2.26. The molecule has 3 rings (SSSR count). The number of rotatable bonds is 5. The Kier molecular flexibility index (Phi) is 5.17. The van der Waals surface area contributed by atoms with Crippen LogP contribution in [0.5, 0.6) is 0 Å². The lowest BCUT2D eigenvalue weighted by Crippen LogP contribution is -2.31. The first-order chi connectivity index (χ1) is 12.1. The molecule has 0 aromatic heterocycles. The maximum absolute atomic E-state index is 12.8. The topological polar surface area (TPSA) is 57.6 Å². The highest BCUT2D eigenvalue weighted by Crippen LogP contribution is 2.34. The number of nitrogens with zero attached hydrogens (tertiary/aromatic N) is 1. The number of carbonyl (C=O) groups is 2. The maximum Gasteiger partial charge on any atom is 0.335 e. The average molecular weight is 337 g/mol. The van der Waals surface area contributed by atoms with E-state index in [0.29, 0.717) is 12.8 Å². The van der Waals surface area contributed by atoms with Gasteiger partial charge in [0.1, 0.15) is 0 Å². The molecule has 4 heteroatoms. The number of aryl methyl sites for hydroxylation is 2. The van der Waals surface area contributed by atoms with Crippen LogP contribution in [0.2, 0.25) is 0 Å². The van der Waals surface area contributed by atoms with E-state index in [0.717, 1.165) is 24.9 Å². The van der Waals surface area contributed by atoms with E-state index in [4.69, 9.17) is 0 Å². The Bertz CT molecular complexity index is 784. The minimum atomic E-state index is -0.943. The SMILES string of the molecule is Cc1ccccc1C1CCCN1C(=O)CCc1ccccc1C(=O)O. The predicted octanol–water partition coefficient (Wildman–Crippen LogP) is 3.99. The van der Waals surface area contributed by atoms with Crippen molar-refractivity contribution >= 4 is 11.9 Å². The summed E-state index contributed by atoms with van der Waals surface area (Å²) in [7, 11) is 0. The number of hydrogen-bond donors (Lipinski definition) is 1. The number of carboxylic acid groups (broad SMARTS) is 1. The van der Waals surface area contributed by atoms with E-state index >= 15 is 0 Å². The van der Waals surface area contributed by atoms with E-state index in [1.54, 1.807) is 18.2 Å². The second-order valence-corrected chi connectivity index (χ2v) is 6.56. The van der Waals surface area contributed by atoms with E-state index in [-0.39, 0.29) is 17.5 Å². The molecule has 2 aromatic carbocycles. The first-order valence-corrected chi connectivity index (χ1v) is 8.74. The van der Waals surface area contributed by atoms with Crippen LogP contribution in [-0.4, -0.2) is 28.4 Å². The average Bonchev–Trinajstić information content (AvgIpc) is 3.09. The van der Waals surface area contributed by atoms with Gasteiger partial charge in [-0.3, -0.25) is 4.79 Å². The smallest absolute Gasteiger partial charge is 0.335 e. The summed E-state index contributed by atoms with van der Waals surface area (Å²) in [5.74, 6) is -0.840. The van der Waals surface area contributed by atoms with Crippen LogP contribution in [0, 0.1) is 6.92 Å². The molecule has 0 aliphatic carbocycles. The molecule has 4 nitrogen and oxygen atoms in total. The van der Waals surface area contributed by atoms with E-state index in [9.17, 15) is 14.7 Å². The van der Waals surface area contributed by atoms with Gasteiger partial charge >= 0.3 is 5.97 Å². The van der Waals surface area contributed by atoms with Crippen molar-refractivity contribution < 1.29 is 14.7 Å². The summed E-state index contributed by atoms with van der Waals surface area (Å²) in [6.07, 6.45) is 2.80. The molecule has 1 heterocycles. The lowest BCUT2D eigenvalue weighted by atomic mass is 9.98. The third-order valence-electron chi connectivity index (χ3n) is 4.98. The summed E-state index contributed by atoms with van der Waals surface area (Å²) in [4.78, 5) is 26.0. The molecule has 25 heavy (non-hydrogen) atoms. The third-order valence-corrected chi connectivity index (χ3v) is 4.98. The molecule has 1 amide bonds. The fraction of sp³-hybridized carbons (Fsp3) is 0.333. The zero-order valence-corrected chi connectivity index (χ0v) is 14.4. The van der Waals surface area contributed by atoms with Crippen molar-refractivity contribution in [1.82, 2.24) is 4.90 Å². The van der Waals surface area contributed by atoms with E-state index in [1.807, 2.05) is 23.1 Å². The van der Waals surface area contributed by atoms with Gasteiger partial charge in [0.05, 0.1) is 11.6 Å². The van der Waals surface area contributed by atoms with E-state index in [2.05, 4.69) is 19.1 Å². The van der Waals surface area contributed by atoms with Gasteiger partial charge in [0.15, 0.2) is 0 Å². The monoisotopic (exact) mass is 337 g/mol. The standard InChI is InChI=1S/C21H23NO3/c1-15-7-2-4-9-17(15)19-11-6-14-22(19)20(23)13-12-16-8-3-5-10-18(16)21(24)25/h2-5,7-10,19H,6,11-14H2,1H3,(H,24,25). The van der Waals surface area contributed by atoms with E-state index in [1.165, 1.54) is 11.1 Å². The second-order valence-electron chi connectivity index (χ2n) is 6.56. The fourth-order valence-electron chi connectivity index (χ4n) is 3.68. The van der Waals surface area contributed by atoms with Crippen molar-refractivity contribution in [2.75, 3.05) is 6.54 Å². The molecule has 0 bridgehead atoms. The molecule has 2 aromatic rings. The molecular formula is C21H23NO3. The molecule has 1 fully saturated rings. The van der Waals surface area contributed by atoms with Crippen molar-refractivity contribution in [2.45, 2.75) is 38.6 Å². The molecule has 1 saturated heterocycles. The summed E-state index contributed by atoms with van der Waals surface area (Å²) in [6.45, 7) is 2.86. The lowest BCUT2D eigenvalue weighted by molar-refractivity contribution is -0.132. The van der Waals surface area contributed by atoms with Crippen molar-refractivity contribution in [3.8, 4) is 0 Å². The van der Waals surface area contributed by atoms with Crippen LogP contribution in [0.25, 0.3) is 0 Å². The van der Waals surface area contributed by atoms with Gasteiger partial charge in [-0.2, -0.15) is 0 Å². The number of benzene rings is 2. The maximum atomic E-state index is 12.8. The Balaban J connectivity index is 1.71. The predicted molar refractivity (Wildman–Crippen MR) is 96.6 cm³/mol. The first-order valence-electron chi connectivity index (χ1n) is 8.74. The summed E-state index contributed by atoms with van der Waals surface area (Å²) in [6, 6.07) is 15.3. The minimum absolute atomic E-state index is 0.103. The Morgan fingerprint density at radius 2 is 1.84 bits per heavy atom. The number of aromatic carboxylic acids is 1. The highest BCUT2D eigenvalue weighted by Gasteiger charge is 2.30. The van der Waals surface area contributed by atoms with Gasteiger partial charge in [-0.25, -0.2) is 4.79 Å². The summed E-state index contributed by atoms with van der Waals surface area (Å²) < 4.78 is 0. The second kappa shape index (κ2) is 7.51. The van der Waals surface area contributed by atoms with Crippen LogP contribution in [0.3, 0.4) is 0 Å². The quantitative estimate of drug-likeness (QED) is 0.897. The molecule has 1 aliphatic rings. The Hall–Kier alpha value is -2.62. The number of carboxylic acids is 1. The Labute approximate surface area is 148 Å². The van der Waals surface area contributed by atoms with Crippen molar-refractivity contribution in [3.63, 3.8) is 0 Å². The van der Waals surface area contributed by atoms with Gasteiger partial charge in [0.2, 0.25) is 5.91 Å².